The van der Waals surface area contributed by atoms with Gasteiger partial charge >= 0.3 is 0 Å². The molecule has 4 heteroatoms. The highest BCUT2D eigenvalue weighted by Gasteiger charge is 2.15. The fourth-order valence-corrected chi connectivity index (χ4v) is 3.13. The summed E-state index contributed by atoms with van der Waals surface area (Å²) in [6, 6.07) is 12.4. The van der Waals surface area contributed by atoms with Crippen LogP contribution in [0.2, 0.25) is 5.02 Å². The minimum atomic E-state index is -0.322. The fraction of sp³-hybridized carbons (Fsp3) is 0.200. The van der Waals surface area contributed by atoms with Crippen molar-refractivity contribution in [1.82, 2.24) is 0 Å². The van der Waals surface area contributed by atoms with Crippen LogP contribution in [0, 0.1) is 5.82 Å². The van der Waals surface area contributed by atoms with E-state index in [1.807, 2.05) is 24.3 Å². The van der Waals surface area contributed by atoms with Gasteiger partial charge in [0.2, 0.25) is 0 Å². The number of alkyl halides is 1. The van der Waals surface area contributed by atoms with Gasteiger partial charge in [-0.2, -0.15) is 0 Å². The van der Waals surface area contributed by atoms with Crippen molar-refractivity contribution in [3.05, 3.63) is 68.9 Å². The van der Waals surface area contributed by atoms with Crippen LogP contribution in [0.1, 0.15) is 17.0 Å². The van der Waals surface area contributed by atoms with Crippen molar-refractivity contribution in [2.75, 3.05) is 5.88 Å². The zero-order chi connectivity index (χ0) is 13.8. The van der Waals surface area contributed by atoms with Gasteiger partial charge in [-0.05, 0) is 35.7 Å². The molecule has 0 aliphatic rings. The van der Waals surface area contributed by atoms with Crippen LogP contribution < -0.4 is 0 Å². The molecule has 0 N–H and O–H groups in total. The number of halogens is 4. The zero-order valence-electron chi connectivity index (χ0n) is 10.0. The van der Waals surface area contributed by atoms with E-state index in [9.17, 15) is 4.39 Å². The first kappa shape index (κ1) is 14.8. The Kier molecular flexibility index (Phi) is 5.26. The zero-order valence-corrected chi connectivity index (χ0v) is 13.1. The molecule has 0 bridgehead atoms. The maximum atomic E-state index is 13.0. The Hall–Kier alpha value is -0.570. The van der Waals surface area contributed by atoms with Gasteiger partial charge in [-0.25, -0.2) is 4.39 Å². The van der Waals surface area contributed by atoms with E-state index in [2.05, 4.69) is 15.9 Å². The number of benzene rings is 2. The van der Waals surface area contributed by atoms with Gasteiger partial charge in [-0.3, -0.25) is 0 Å². The van der Waals surface area contributed by atoms with Crippen molar-refractivity contribution < 1.29 is 4.39 Å². The normalized spacial score (nSPS) is 12.4. The lowest BCUT2D eigenvalue weighted by Gasteiger charge is -2.17. The summed E-state index contributed by atoms with van der Waals surface area (Å²) in [7, 11) is 0. The molecule has 0 aliphatic heterocycles. The topological polar surface area (TPSA) is 0 Å². The fourth-order valence-electron chi connectivity index (χ4n) is 2.01. The van der Waals surface area contributed by atoms with Crippen molar-refractivity contribution in [2.45, 2.75) is 12.3 Å². The van der Waals surface area contributed by atoms with Crippen molar-refractivity contribution in [2.24, 2.45) is 0 Å². The van der Waals surface area contributed by atoms with Gasteiger partial charge in [0.1, 0.15) is 5.82 Å². The molecule has 1 unspecified atom stereocenters. The van der Waals surface area contributed by atoms with E-state index in [0.717, 1.165) is 15.6 Å². The third-order valence-electron chi connectivity index (χ3n) is 3.01. The Balaban J connectivity index is 2.27. The molecule has 0 radical (unpaired) electrons. The molecular formula is C15H12BrCl2F. The quantitative estimate of drug-likeness (QED) is 0.603. The first-order valence-corrected chi connectivity index (χ1v) is 7.56. The summed E-state index contributed by atoms with van der Waals surface area (Å²) in [5.41, 5.74) is 2.04. The van der Waals surface area contributed by atoms with Crippen LogP contribution in [0.4, 0.5) is 4.39 Å². The van der Waals surface area contributed by atoms with Gasteiger partial charge in [0, 0.05) is 21.3 Å². The Morgan fingerprint density at radius 1 is 1.16 bits per heavy atom. The Morgan fingerprint density at radius 2 is 1.89 bits per heavy atom. The summed E-state index contributed by atoms with van der Waals surface area (Å²) in [5, 5.41) is 0.446. The maximum absolute atomic E-state index is 13.0. The molecule has 2 rings (SSSR count). The summed E-state index contributed by atoms with van der Waals surface area (Å²) < 4.78 is 14.1. The molecule has 2 aromatic carbocycles. The third kappa shape index (κ3) is 3.71. The lowest BCUT2D eigenvalue weighted by atomic mass is 9.93. The van der Waals surface area contributed by atoms with Crippen LogP contribution in [0.5, 0.6) is 0 Å². The van der Waals surface area contributed by atoms with Crippen molar-refractivity contribution in [1.29, 1.82) is 0 Å². The van der Waals surface area contributed by atoms with Crippen molar-refractivity contribution >= 4 is 39.1 Å². The third-order valence-corrected chi connectivity index (χ3v) is 4.46. The van der Waals surface area contributed by atoms with E-state index in [-0.39, 0.29) is 11.7 Å². The minimum absolute atomic E-state index is 0.139. The smallest absolute Gasteiger partial charge is 0.124 e. The molecule has 0 fully saturated rings. The maximum Gasteiger partial charge on any atom is 0.124 e. The largest absolute Gasteiger partial charge is 0.207 e. The monoisotopic (exact) mass is 360 g/mol. The molecule has 0 aromatic heterocycles. The van der Waals surface area contributed by atoms with Crippen molar-refractivity contribution in [3.8, 4) is 0 Å². The number of hydrogen-bond donors (Lipinski definition) is 0. The SMILES string of the molecule is Fc1ccc(CC(CCl)c2ccccc2Br)c(Cl)c1. The highest BCUT2D eigenvalue weighted by Crippen LogP contribution is 2.31. The summed E-state index contributed by atoms with van der Waals surface area (Å²) in [4.78, 5) is 0. The van der Waals surface area contributed by atoms with Gasteiger partial charge in [-0.1, -0.05) is 51.8 Å². The molecule has 0 saturated carbocycles. The van der Waals surface area contributed by atoms with Crippen LogP contribution in [0.15, 0.2) is 46.9 Å². The van der Waals surface area contributed by atoms with E-state index in [4.69, 9.17) is 23.2 Å². The molecule has 0 heterocycles. The molecule has 0 aliphatic carbocycles. The molecule has 1 atom stereocenters. The molecule has 19 heavy (non-hydrogen) atoms. The van der Waals surface area contributed by atoms with E-state index < -0.39 is 0 Å². The first-order chi connectivity index (χ1) is 9.11. The lowest BCUT2D eigenvalue weighted by Crippen LogP contribution is -2.06. The van der Waals surface area contributed by atoms with E-state index >= 15 is 0 Å². The van der Waals surface area contributed by atoms with Gasteiger partial charge < -0.3 is 0 Å². The van der Waals surface area contributed by atoms with E-state index in [1.165, 1.54) is 12.1 Å². The molecule has 2 aromatic rings. The van der Waals surface area contributed by atoms with Crippen LogP contribution in [-0.4, -0.2) is 5.88 Å². The molecular weight excluding hydrogens is 350 g/mol. The minimum Gasteiger partial charge on any atom is -0.207 e. The predicted molar refractivity (Wildman–Crippen MR) is 82.7 cm³/mol. The lowest BCUT2D eigenvalue weighted by molar-refractivity contribution is 0.626. The van der Waals surface area contributed by atoms with Gasteiger partial charge in [0.15, 0.2) is 0 Å². The second-order valence-corrected chi connectivity index (χ2v) is 5.88. The second-order valence-electron chi connectivity index (χ2n) is 4.31. The number of hydrogen-bond acceptors (Lipinski definition) is 0. The van der Waals surface area contributed by atoms with E-state index in [1.54, 1.807) is 6.07 Å². The Labute approximate surface area is 130 Å². The first-order valence-electron chi connectivity index (χ1n) is 5.86. The van der Waals surface area contributed by atoms with E-state index in [0.29, 0.717) is 17.3 Å². The Bertz CT molecular complexity index is 572. The summed E-state index contributed by atoms with van der Waals surface area (Å²) in [6.07, 6.45) is 0.686. The highest BCUT2D eigenvalue weighted by molar-refractivity contribution is 9.10. The average molecular weight is 362 g/mol. The molecule has 0 amide bonds. The van der Waals surface area contributed by atoms with Crippen molar-refractivity contribution in [3.63, 3.8) is 0 Å². The summed E-state index contributed by atoms with van der Waals surface area (Å²) in [6.45, 7) is 0. The van der Waals surface area contributed by atoms with Gasteiger partial charge in [0.25, 0.3) is 0 Å². The van der Waals surface area contributed by atoms with Gasteiger partial charge in [-0.15, -0.1) is 11.6 Å². The van der Waals surface area contributed by atoms with Crippen LogP contribution >= 0.6 is 39.1 Å². The Morgan fingerprint density at radius 3 is 2.53 bits per heavy atom. The standard InChI is InChI=1S/C15H12BrCl2F/c16-14-4-2-1-3-13(14)11(9-17)7-10-5-6-12(19)8-15(10)18/h1-6,8,11H,7,9H2. The summed E-state index contributed by atoms with van der Waals surface area (Å²) in [5.74, 6) is 0.299. The molecule has 0 saturated heterocycles. The molecule has 0 nitrogen and oxygen atoms in total. The highest BCUT2D eigenvalue weighted by atomic mass is 79.9. The molecule has 0 spiro atoms. The molecule has 100 valence electrons. The number of rotatable bonds is 4. The summed E-state index contributed by atoms with van der Waals surface area (Å²) >= 11 is 15.7. The second kappa shape index (κ2) is 6.74. The van der Waals surface area contributed by atoms with Gasteiger partial charge in [0.05, 0.1) is 0 Å². The van der Waals surface area contributed by atoms with Crippen LogP contribution in [0.3, 0.4) is 0 Å². The van der Waals surface area contributed by atoms with Crippen LogP contribution in [-0.2, 0) is 6.42 Å². The average Bonchev–Trinajstić information content (AvgIpc) is 2.39. The van der Waals surface area contributed by atoms with Crippen LogP contribution in [0.25, 0.3) is 0 Å². The predicted octanol–water partition coefficient (Wildman–Crippen LogP) is 5.81.